The Morgan fingerprint density at radius 3 is 2.75 bits per heavy atom. The lowest BCUT2D eigenvalue weighted by Crippen LogP contribution is -2.37. The van der Waals surface area contributed by atoms with E-state index in [1.165, 1.54) is 16.9 Å². The molecule has 0 aliphatic carbocycles. The fourth-order valence-corrected chi connectivity index (χ4v) is 5.73. The molecule has 180 valence electrons. The molecule has 2 aromatic carbocycles. The first-order valence-corrected chi connectivity index (χ1v) is 12.8. The van der Waals surface area contributed by atoms with Gasteiger partial charge in [-0.25, -0.2) is 0 Å². The highest BCUT2D eigenvalue weighted by Gasteiger charge is 2.25. The highest BCUT2D eigenvalue weighted by Crippen LogP contribution is 2.30. The summed E-state index contributed by atoms with van der Waals surface area (Å²) in [5.74, 6) is -0.109. The quantitative estimate of drug-likeness (QED) is 0.395. The van der Waals surface area contributed by atoms with Gasteiger partial charge in [0.1, 0.15) is 4.88 Å². The van der Waals surface area contributed by atoms with Gasteiger partial charge in [0.15, 0.2) is 0 Å². The molecule has 0 saturated heterocycles. The van der Waals surface area contributed by atoms with E-state index in [4.69, 9.17) is 0 Å². The van der Waals surface area contributed by atoms with Crippen LogP contribution >= 0.6 is 11.3 Å². The molecule has 6 rings (SSSR count). The van der Waals surface area contributed by atoms with Crippen LogP contribution in [0.25, 0.3) is 21.8 Å². The summed E-state index contributed by atoms with van der Waals surface area (Å²) in [5, 5.41) is 5.24. The van der Waals surface area contributed by atoms with E-state index in [1.54, 1.807) is 11.7 Å². The number of pyridine rings is 1. The van der Waals surface area contributed by atoms with Gasteiger partial charge in [0.2, 0.25) is 0 Å². The standard InChI is InChI=1S/C28H25N5O2S/c1-17-23(13-31-27(34)26-14-29-16-36-26)20-9-10-33(15-19(20)12-30-17)28(35)18-7-8-25-22(11-18)21-5-3-4-6-24(21)32(25)2/h3-8,11-12,14,16H,9-10,13,15H2,1-2H3,(H,31,34). The summed E-state index contributed by atoms with van der Waals surface area (Å²) in [6.45, 7) is 3.50. The van der Waals surface area contributed by atoms with Gasteiger partial charge in [-0.3, -0.25) is 19.6 Å². The van der Waals surface area contributed by atoms with Crippen molar-refractivity contribution in [3.05, 3.63) is 93.2 Å². The fourth-order valence-electron chi connectivity index (χ4n) is 5.20. The Bertz CT molecular complexity index is 1640. The molecule has 36 heavy (non-hydrogen) atoms. The predicted octanol–water partition coefficient (Wildman–Crippen LogP) is 4.62. The van der Waals surface area contributed by atoms with E-state index in [0.29, 0.717) is 30.1 Å². The lowest BCUT2D eigenvalue weighted by atomic mass is 9.94. The zero-order chi connectivity index (χ0) is 24.8. The van der Waals surface area contributed by atoms with Gasteiger partial charge in [0.05, 0.1) is 11.7 Å². The SMILES string of the molecule is Cc1ncc2c(c1CNC(=O)c1cncs1)CCN(C(=O)c1ccc3c(c1)c1ccccc1n3C)C2. The predicted molar refractivity (Wildman–Crippen MR) is 141 cm³/mol. The number of hydrogen-bond acceptors (Lipinski definition) is 5. The Balaban J connectivity index is 1.25. The molecule has 8 heteroatoms. The van der Waals surface area contributed by atoms with E-state index in [2.05, 4.69) is 39.0 Å². The summed E-state index contributed by atoms with van der Waals surface area (Å²) < 4.78 is 2.17. The van der Waals surface area contributed by atoms with Crippen molar-refractivity contribution >= 4 is 45.0 Å². The number of carbonyl (C=O) groups excluding carboxylic acids is 2. The number of carbonyl (C=O) groups is 2. The molecule has 1 N–H and O–H groups in total. The number of aryl methyl sites for hydroxylation is 2. The highest BCUT2D eigenvalue weighted by atomic mass is 32.1. The molecule has 0 fully saturated rings. The number of amides is 2. The maximum atomic E-state index is 13.5. The number of benzene rings is 2. The van der Waals surface area contributed by atoms with Crippen LogP contribution in [0.2, 0.25) is 0 Å². The van der Waals surface area contributed by atoms with Gasteiger partial charge in [-0.1, -0.05) is 18.2 Å². The van der Waals surface area contributed by atoms with Crippen molar-refractivity contribution in [3.63, 3.8) is 0 Å². The van der Waals surface area contributed by atoms with Crippen LogP contribution in [-0.2, 0) is 26.6 Å². The number of aromatic nitrogens is 3. The Morgan fingerprint density at radius 1 is 1.08 bits per heavy atom. The Hall–Kier alpha value is -4.04. The molecule has 7 nitrogen and oxygen atoms in total. The minimum Gasteiger partial charge on any atom is -0.347 e. The van der Waals surface area contributed by atoms with Gasteiger partial charge < -0.3 is 14.8 Å². The van der Waals surface area contributed by atoms with E-state index < -0.39 is 0 Å². The smallest absolute Gasteiger partial charge is 0.263 e. The van der Waals surface area contributed by atoms with Crippen LogP contribution in [0.15, 0.2) is 60.4 Å². The largest absolute Gasteiger partial charge is 0.347 e. The Labute approximate surface area is 212 Å². The minimum absolute atomic E-state index is 0.0242. The van der Waals surface area contributed by atoms with Crippen molar-refractivity contribution in [2.24, 2.45) is 7.05 Å². The average Bonchev–Trinajstić information content (AvgIpc) is 3.55. The maximum Gasteiger partial charge on any atom is 0.263 e. The lowest BCUT2D eigenvalue weighted by molar-refractivity contribution is 0.0734. The van der Waals surface area contributed by atoms with Crippen molar-refractivity contribution < 1.29 is 9.59 Å². The summed E-state index contributed by atoms with van der Waals surface area (Å²) in [5.41, 5.74) is 8.76. The normalized spacial score (nSPS) is 13.2. The number of hydrogen-bond donors (Lipinski definition) is 1. The van der Waals surface area contributed by atoms with Crippen molar-refractivity contribution in [2.75, 3.05) is 6.54 Å². The van der Waals surface area contributed by atoms with E-state index >= 15 is 0 Å². The maximum absolute atomic E-state index is 13.5. The number of nitrogens with zero attached hydrogens (tertiary/aromatic N) is 4. The van der Waals surface area contributed by atoms with Gasteiger partial charge in [-0.2, -0.15) is 0 Å². The topological polar surface area (TPSA) is 80.1 Å². The molecule has 1 aliphatic rings. The average molecular weight is 496 g/mol. The van der Waals surface area contributed by atoms with Crippen LogP contribution in [0.1, 0.15) is 42.4 Å². The number of fused-ring (bicyclic) bond motifs is 4. The van der Waals surface area contributed by atoms with E-state index in [9.17, 15) is 9.59 Å². The first-order chi connectivity index (χ1) is 17.5. The van der Waals surface area contributed by atoms with Crippen LogP contribution in [0.3, 0.4) is 0 Å². The summed E-state index contributed by atoms with van der Waals surface area (Å²) in [6, 6.07) is 14.2. The zero-order valence-corrected chi connectivity index (χ0v) is 20.9. The van der Waals surface area contributed by atoms with E-state index in [-0.39, 0.29) is 11.8 Å². The van der Waals surface area contributed by atoms with Gasteiger partial charge in [-0.05, 0) is 54.3 Å². The second kappa shape index (κ2) is 8.87. The summed E-state index contributed by atoms with van der Waals surface area (Å²) in [4.78, 5) is 37.0. The number of thiazole rings is 1. The van der Waals surface area contributed by atoms with Crippen LogP contribution < -0.4 is 5.32 Å². The van der Waals surface area contributed by atoms with Crippen LogP contribution in [0, 0.1) is 6.92 Å². The molecule has 0 radical (unpaired) electrons. The molecule has 1 aliphatic heterocycles. The molecule has 0 spiro atoms. The molecule has 2 amide bonds. The van der Waals surface area contributed by atoms with Gasteiger partial charge in [0, 0.05) is 65.9 Å². The monoisotopic (exact) mass is 495 g/mol. The third-order valence-electron chi connectivity index (χ3n) is 7.13. The Morgan fingerprint density at radius 2 is 1.92 bits per heavy atom. The van der Waals surface area contributed by atoms with E-state index in [1.807, 2.05) is 48.4 Å². The molecular formula is C28H25N5O2S. The third-order valence-corrected chi connectivity index (χ3v) is 7.90. The molecular weight excluding hydrogens is 470 g/mol. The summed E-state index contributed by atoms with van der Waals surface area (Å²) >= 11 is 1.32. The second-order valence-electron chi connectivity index (χ2n) is 9.16. The molecule has 0 atom stereocenters. The first kappa shape index (κ1) is 22.4. The molecule has 0 bridgehead atoms. The lowest BCUT2D eigenvalue weighted by Gasteiger charge is -2.30. The van der Waals surface area contributed by atoms with Crippen molar-refractivity contribution in [2.45, 2.75) is 26.4 Å². The molecule has 0 unspecified atom stereocenters. The zero-order valence-electron chi connectivity index (χ0n) is 20.1. The van der Waals surface area contributed by atoms with Crippen LogP contribution in [-0.4, -0.2) is 37.8 Å². The Kier molecular flexibility index (Phi) is 5.53. The van der Waals surface area contributed by atoms with E-state index in [0.717, 1.165) is 45.0 Å². The molecule has 4 heterocycles. The summed E-state index contributed by atoms with van der Waals surface area (Å²) in [6.07, 6.45) is 4.17. The highest BCUT2D eigenvalue weighted by molar-refractivity contribution is 7.11. The van der Waals surface area contributed by atoms with Gasteiger partial charge in [0.25, 0.3) is 11.8 Å². The second-order valence-corrected chi connectivity index (χ2v) is 10.0. The molecule has 3 aromatic heterocycles. The summed E-state index contributed by atoms with van der Waals surface area (Å²) in [7, 11) is 2.06. The molecule has 5 aromatic rings. The van der Waals surface area contributed by atoms with Crippen molar-refractivity contribution in [1.82, 2.24) is 24.8 Å². The van der Waals surface area contributed by atoms with Crippen molar-refractivity contribution in [3.8, 4) is 0 Å². The number of nitrogens with one attached hydrogen (secondary N) is 1. The first-order valence-electron chi connectivity index (χ1n) is 11.9. The number of rotatable bonds is 4. The third kappa shape index (κ3) is 3.74. The van der Waals surface area contributed by atoms with Gasteiger partial charge in [-0.15, -0.1) is 11.3 Å². The van der Waals surface area contributed by atoms with Gasteiger partial charge >= 0.3 is 0 Å². The van der Waals surface area contributed by atoms with Crippen LogP contribution in [0.5, 0.6) is 0 Å². The fraction of sp³-hybridized carbons (Fsp3) is 0.214. The minimum atomic E-state index is -0.133. The van der Waals surface area contributed by atoms with Crippen LogP contribution in [0.4, 0.5) is 0 Å². The number of para-hydroxylation sites is 1. The molecule has 0 saturated carbocycles. The van der Waals surface area contributed by atoms with Crippen molar-refractivity contribution in [1.29, 1.82) is 0 Å².